The van der Waals surface area contributed by atoms with Crippen molar-refractivity contribution in [2.45, 2.75) is 49.5 Å². The zero-order valence-electron chi connectivity index (χ0n) is 14.0. The van der Waals surface area contributed by atoms with Crippen LogP contribution in [-0.2, 0) is 19.6 Å². The van der Waals surface area contributed by atoms with Crippen LogP contribution < -0.4 is 10.9 Å². The average Bonchev–Trinajstić information content (AvgIpc) is 2.79. The predicted octanol–water partition coefficient (Wildman–Crippen LogP) is 1.90. The highest BCUT2D eigenvalue weighted by Gasteiger charge is 2.46. The Morgan fingerprint density at radius 2 is 1.76 bits per heavy atom. The molecule has 0 atom stereocenters. The topological polar surface area (TPSA) is 125 Å². The number of hydrogen-bond acceptors (Lipinski definition) is 5. The summed E-state index contributed by atoms with van der Waals surface area (Å²) in [4.78, 5) is 16.3. The number of rotatable bonds is 3. The lowest BCUT2D eigenvalue weighted by atomic mass is 9.79. The number of aliphatic imine (C=N–C) groups is 1. The molecule has 1 fully saturated rings. The third-order valence-corrected chi connectivity index (χ3v) is 5.80. The molecule has 4 N–H and O–H groups in total. The summed E-state index contributed by atoms with van der Waals surface area (Å²) in [7, 11) is -3.77. The predicted molar refractivity (Wildman–Crippen MR) is 93.7 cm³/mol. The molecule has 1 aliphatic heterocycles. The normalized spacial score (nSPS) is 21.6. The summed E-state index contributed by atoms with van der Waals surface area (Å²) < 4.78 is 28.8. The van der Waals surface area contributed by atoms with Crippen LogP contribution >= 0.6 is 0 Å². The molecular formula is C17H21N3O4S. The summed E-state index contributed by atoms with van der Waals surface area (Å²) in [5.74, 6) is -0.366. The zero-order chi connectivity index (χ0) is 18.2. The molecule has 1 spiro atoms. The fourth-order valence-electron chi connectivity index (χ4n) is 3.50. The van der Waals surface area contributed by atoms with Crippen LogP contribution in [-0.4, -0.2) is 25.8 Å². The van der Waals surface area contributed by atoms with Gasteiger partial charge < -0.3 is 10.5 Å². The van der Waals surface area contributed by atoms with Crippen molar-refractivity contribution < 1.29 is 17.9 Å². The van der Waals surface area contributed by atoms with Crippen molar-refractivity contribution in [1.82, 2.24) is 0 Å². The molecule has 3 rings (SSSR count). The van der Waals surface area contributed by atoms with Crippen LogP contribution in [0, 0.1) is 0 Å². The number of hydrogen-bond donors (Lipinski definition) is 2. The standard InChI is InChI=1S/C17H21N3O4S/c1-11-14(15(18)21)16(24-17(11)9-3-2-4-10-17)20-12-5-7-13(8-6-12)25(19,22)23/h5-8H,2-4,9-10H2,1H3,(H2,18,21)(H2,19,22,23). The molecular weight excluding hydrogens is 342 g/mol. The quantitative estimate of drug-likeness (QED) is 0.850. The third kappa shape index (κ3) is 3.32. The van der Waals surface area contributed by atoms with Crippen LogP contribution in [0.2, 0.25) is 0 Å². The second kappa shape index (κ2) is 6.27. The van der Waals surface area contributed by atoms with Crippen LogP contribution in [0.25, 0.3) is 0 Å². The van der Waals surface area contributed by atoms with Crippen molar-refractivity contribution in [3.05, 3.63) is 35.4 Å². The number of carbonyl (C=O) groups excluding carboxylic acids is 1. The van der Waals surface area contributed by atoms with E-state index in [1.807, 2.05) is 6.92 Å². The molecule has 7 nitrogen and oxygen atoms in total. The van der Waals surface area contributed by atoms with Gasteiger partial charge in [-0.1, -0.05) is 6.42 Å². The van der Waals surface area contributed by atoms with Gasteiger partial charge in [-0.2, -0.15) is 0 Å². The van der Waals surface area contributed by atoms with Crippen molar-refractivity contribution in [3.63, 3.8) is 0 Å². The highest BCUT2D eigenvalue weighted by atomic mass is 32.2. The van der Waals surface area contributed by atoms with Crippen molar-refractivity contribution in [1.29, 1.82) is 0 Å². The molecule has 1 aromatic rings. The van der Waals surface area contributed by atoms with Crippen LogP contribution in [0.3, 0.4) is 0 Å². The number of sulfonamides is 1. The number of carbonyl (C=O) groups is 1. The number of primary amides is 1. The zero-order valence-corrected chi connectivity index (χ0v) is 14.8. The minimum atomic E-state index is -3.77. The first-order chi connectivity index (χ1) is 11.7. The number of primary sulfonamides is 1. The molecule has 1 amide bonds. The smallest absolute Gasteiger partial charge is 0.254 e. The molecule has 1 aromatic carbocycles. The molecule has 0 aromatic heterocycles. The van der Waals surface area contributed by atoms with E-state index in [4.69, 9.17) is 15.6 Å². The van der Waals surface area contributed by atoms with Crippen molar-refractivity contribution in [3.8, 4) is 0 Å². The van der Waals surface area contributed by atoms with Crippen molar-refractivity contribution in [2.24, 2.45) is 15.9 Å². The van der Waals surface area contributed by atoms with Gasteiger partial charge in [0.05, 0.1) is 10.6 Å². The molecule has 1 saturated carbocycles. The number of ether oxygens (including phenoxy) is 1. The van der Waals surface area contributed by atoms with E-state index in [-0.39, 0.29) is 10.8 Å². The van der Waals surface area contributed by atoms with E-state index < -0.39 is 21.5 Å². The van der Waals surface area contributed by atoms with E-state index in [2.05, 4.69) is 4.99 Å². The largest absolute Gasteiger partial charge is 0.466 e. The van der Waals surface area contributed by atoms with Crippen LogP contribution in [0.5, 0.6) is 0 Å². The Morgan fingerprint density at radius 1 is 1.16 bits per heavy atom. The lowest BCUT2D eigenvalue weighted by molar-refractivity contribution is -0.114. The Hall–Kier alpha value is -2.19. The highest BCUT2D eigenvalue weighted by molar-refractivity contribution is 7.89. The maximum Gasteiger partial charge on any atom is 0.254 e. The molecule has 0 unspecified atom stereocenters. The lowest BCUT2D eigenvalue weighted by Crippen LogP contribution is -2.33. The second-order valence-electron chi connectivity index (χ2n) is 6.48. The van der Waals surface area contributed by atoms with Gasteiger partial charge in [0.15, 0.2) is 0 Å². The van der Waals surface area contributed by atoms with Gasteiger partial charge in [0, 0.05) is 0 Å². The summed E-state index contributed by atoms with van der Waals surface area (Å²) >= 11 is 0. The highest BCUT2D eigenvalue weighted by Crippen LogP contribution is 2.44. The number of amides is 1. The molecule has 1 heterocycles. The SMILES string of the molecule is CC1=C(C(N)=O)C(=Nc2ccc(S(N)(=O)=O)cc2)OC12CCCCC2. The van der Waals surface area contributed by atoms with Crippen molar-refractivity contribution >= 4 is 27.5 Å². The molecule has 2 aliphatic rings. The Bertz CT molecular complexity index is 864. The van der Waals surface area contributed by atoms with Crippen LogP contribution in [0.1, 0.15) is 39.0 Å². The van der Waals surface area contributed by atoms with Crippen LogP contribution in [0.15, 0.2) is 45.3 Å². The van der Waals surface area contributed by atoms with Gasteiger partial charge in [0.2, 0.25) is 15.9 Å². The number of nitrogens with zero attached hydrogens (tertiary/aromatic N) is 1. The minimum absolute atomic E-state index is 0.00520. The summed E-state index contributed by atoms with van der Waals surface area (Å²) in [6.45, 7) is 1.87. The van der Waals surface area contributed by atoms with Gasteiger partial charge in [-0.15, -0.1) is 0 Å². The Kier molecular flexibility index (Phi) is 4.42. The van der Waals surface area contributed by atoms with Crippen LogP contribution in [0.4, 0.5) is 5.69 Å². The van der Waals surface area contributed by atoms with Gasteiger partial charge in [0.25, 0.3) is 5.91 Å². The third-order valence-electron chi connectivity index (χ3n) is 4.87. The van der Waals surface area contributed by atoms with Crippen molar-refractivity contribution in [2.75, 3.05) is 0 Å². The molecule has 8 heteroatoms. The van der Waals surface area contributed by atoms with Gasteiger partial charge in [-0.25, -0.2) is 18.5 Å². The van der Waals surface area contributed by atoms with E-state index in [0.717, 1.165) is 37.7 Å². The summed E-state index contributed by atoms with van der Waals surface area (Å²) in [5, 5.41) is 5.09. The fraction of sp³-hybridized carbons (Fsp3) is 0.412. The molecule has 1 aliphatic carbocycles. The molecule has 25 heavy (non-hydrogen) atoms. The molecule has 0 bridgehead atoms. The van der Waals surface area contributed by atoms with E-state index in [9.17, 15) is 13.2 Å². The van der Waals surface area contributed by atoms with Gasteiger partial charge >= 0.3 is 0 Å². The van der Waals surface area contributed by atoms with Gasteiger partial charge in [-0.05, 0) is 62.4 Å². The first kappa shape index (κ1) is 17.6. The molecule has 0 radical (unpaired) electrons. The fourth-order valence-corrected chi connectivity index (χ4v) is 4.01. The Labute approximate surface area is 146 Å². The number of nitrogens with two attached hydrogens (primary N) is 2. The van der Waals surface area contributed by atoms with Gasteiger partial charge in [0.1, 0.15) is 11.2 Å². The minimum Gasteiger partial charge on any atom is -0.466 e. The Morgan fingerprint density at radius 3 is 2.28 bits per heavy atom. The average molecular weight is 363 g/mol. The molecule has 134 valence electrons. The first-order valence-corrected chi connectivity index (χ1v) is 9.70. The monoisotopic (exact) mass is 363 g/mol. The number of benzene rings is 1. The summed E-state index contributed by atoms with van der Waals surface area (Å²) in [6.07, 6.45) is 4.86. The van der Waals surface area contributed by atoms with E-state index >= 15 is 0 Å². The maximum atomic E-state index is 11.9. The Balaban J connectivity index is 1.98. The summed E-state index contributed by atoms with van der Waals surface area (Å²) in [5.41, 5.74) is 6.66. The van der Waals surface area contributed by atoms with E-state index in [1.54, 1.807) is 0 Å². The maximum absolute atomic E-state index is 11.9. The van der Waals surface area contributed by atoms with E-state index in [1.165, 1.54) is 24.3 Å². The second-order valence-corrected chi connectivity index (χ2v) is 8.04. The van der Waals surface area contributed by atoms with Gasteiger partial charge in [-0.3, -0.25) is 4.79 Å². The lowest BCUT2D eigenvalue weighted by Gasteiger charge is -2.34. The van der Waals surface area contributed by atoms with E-state index in [0.29, 0.717) is 11.3 Å². The first-order valence-electron chi connectivity index (χ1n) is 8.15. The molecule has 0 saturated heterocycles. The summed E-state index contributed by atoms with van der Waals surface area (Å²) in [6, 6.07) is 5.74.